The molecular formula is C60H40N2O. The summed E-state index contributed by atoms with van der Waals surface area (Å²) in [5, 5.41) is 6.43. The van der Waals surface area contributed by atoms with E-state index in [1.165, 1.54) is 0 Å². The molecule has 2 heterocycles. The van der Waals surface area contributed by atoms with Gasteiger partial charge >= 0.3 is 0 Å². The van der Waals surface area contributed by atoms with E-state index in [0.717, 1.165) is 88.0 Å². The summed E-state index contributed by atoms with van der Waals surface area (Å²) in [6.07, 6.45) is 1.77. The lowest BCUT2D eigenvalue weighted by molar-refractivity contribution is 0.669. The van der Waals surface area contributed by atoms with Crippen molar-refractivity contribution in [3.8, 4) is 39.1 Å². The number of hydrogen-bond donors (Lipinski definition) is 0. The third kappa shape index (κ3) is 6.13. The molecule has 12 aromatic rings. The Morgan fingerprint density at radius 3 is 1.86 bits per heavy atom. The summed E-state index contributed by atoms with van der Waals surface area (Å²) < 4.78 is 47.8. The third-order valence-corrected chi connectivity index (χ3v) is 12.2. The number of hydrogen-bond acceptors (Lipinski definition) is 2. The van der Waals surface area contributed by atoms with Gasteiger partial charge in [-0.3, -0.25) is 0 Å². The Balaban J connectivity index is 1.08. The molecule has 0 unspecified atom stereocenters. The first-order chi connectivity index (χ1) is 32.9. The van der Waals surface area contributed by atoms with Gasteiger partial charge in [-0.15, -0.1) is 0 Å². The van der Waals surface area contributed by atoms with Crippen LogP contribution in [-0.2, 0) is 0 Å². The van der Waals surface area contributed by atoms with Crippen LogP contribution in [0, 0.1) is 0 Å². The molecule has 0 atom stereocenters. The van der Waals surface area contributed by atoms with Crippen molar-refractivity contribution in [2.24, 2.45) is 0 Å². The highest BCUT2D eigenvalue weighted by atomic mass is 16.3. The predicted molar refractivity (Wildman–Crippen MR) is 267 cm³/mol. The van der Waals surface area contributed by atoms with Crippen LogP contribution in [0.4, 0.5) is 17.1 Å². The Kier molecular flexibility index (Phi) is 7.68. The van der Waals surface area contributed by atoms with Gasteiger partial charge in [-0.1, -0.05) is 158 Å². The number of nitrogens with zero attached hydrogens (tertiary/aromatic N) is 2. The molecule has 3 heteroatoms. The van der Waals surface area contributed by atoms with Gasteiger partial charge in [0, 0.05) is 44.2 Å². The minimum atomic E-state index is -0.164. The molecule has 0 aliphatic rings. The minimum Gasteiger partial charge on any atom is -0.456 e. The van der Waals surface area contributed by atoms with Crippen LogP contribution in [0.3, 0.4) is 0 Å². The monoisotopic (exact) mass is 808 g/mol. The topological polar surface area (TPSA) is 21.3 Å². The first-order valence-electron chi connectivity index (χ1n) is 23.1. The van der Waals surface area contributed by atoms with Gasteiger partial charge in [-0.05, 0) is 123 Å². The molecule has 3 nitrogen and oxygen atoms in total. The number of fused-ring (bicyclic) bond motifs is 7. The van der Waals surface area contributed by atoms with Gasteiger partial charge in [-0.25, -0.2) is 0 Å². The number of benzene rings is 10. The first kappa shape index (κ1) is 32.4. The van der Waals surface area contributed by atoms with E-state index in [2.05, 4.69) is 108 Å². The lowest BCUT2D eigenvalue weighted by Gasteiger charge is -2.28. The second kappa shape index (κ2) is 14.9. The normalized spacial score (nSPS) is 12.4. The van der Waals surface area contributed by atoms with E-state index in [1.807, 2.05) is 108 Å². The molecule has 10 aromatic carbocycles. The Bertz CT molecular complexity index is 3860. The van der Waals surface area contributed by atoms with Crippen molar-refractivity contribution in [1.82, 2.24) is 4.57 Å². The van der Waals surface area contributed by atoms with E-state index in [1.54, 1.807) is 6.08 Å². The fraction of sp³-hybridized carbons (Fsp3) is 0. The largest absolute Gasteiger partial charge is 0.456 e. The SMILES string of the molecule is [2H]c1c([2H])c(N(c2ccc(-n3c4ccccc4c4ccccc43)cc2)c2ccccc2-c2cccc3oc4cc5ccccc5cc4c23)c([2H])c([2H])c1-c1ccc(-c2ccccc2)c(C=C)c1. The standard InChI is InChI=1S/C60H40N2O/c1-2-40-37-45(29-36-49(40)42-15-4-3-5-16-42)41-27-30-46(31-28-41)61(47-32-34-48(35-33-47)62-56-24-12-8-19-50(56)51-20-9-13-25-57(51)62)55-23-11-10-21-52(55)53-22-14-26-58-60(53)54-38-43-17-6-7-18-44(43)39-59(54)63-58/h2-39H,1H2/i27D,28D,30D,31D. The van der Waals surface area contributed by atoms with Crippen LogP contribution in [0.1, 0.15) is 11.0 Å². The molecule has 0 spiro atoms. The summed E-state index contributed by atoms with van der Waals surface area (Å²) in [5.41, 5.74) is 11.5. The zero-order chi connectivity index (χ0) is 45.3. The Morgan fingerprint density at radius 1 is 0.460 bits per heavy atom. The van der Waals surface area contributed by atoms with Crippen molar-refractivity contribution in [3.63, 3.8) is 0 Å². The molecule has 2 aromatic heterocycles. The fourth-order valence-corrected chi connectivity index (χ4v) is 9.30. The first-order valence-corrected chi connectivity index (χ1v) is 21.1. The van der Waals surface area contributed by atoms with Gasteiger partial charge < -0.3 is 13.9 Å². The van der Waals surface area contributed by atoms with Crippen molar-refractivity contribution in [1.29, 1.82) is 0 Å². The fourth-order valence-electron chi connectivity index (χ4n) is 9.30. The number of para-hydroxylation sites is 3. The minimum absolute atomic E-state index is 0.135. The van der Waals surface area contributed by atoms with E-state index in [4.69, 9.17) is 4.42 Å². The highest BCUT2D eigenvalue weighted by molar-refractivity contribution is 6.17. The quantitative estimate of drug-likeness (QED) is 0.152. The predicted octanol–water partition coefficient (Wildman–Crippen LogP) is 17.0. The van der Waals surface area contributed by atoms with Gasteiger partial charge in [0.05, 0.1) is 22.2 Å². The average Bonchev–Trinajstić information content (AvgIpc) is 3.92. The van der Waals surface area contributed by atoms with Crippen molar-refractivity contribution < 1.29 is 9.90 Å². The van der Waals surface area contributed by atoms with Crippen LogP contribution in [0.2, 0.25) is 0 Å². The molecule has 0 bridgehead atoms. The van der Waals surface area contributed by atoms with Crippen LogP contribution in [0.5, 0.6) is 0 Å². The second-order valence-corrected chi connectivity index (χ2v) is 15.8. The lowest BCUT2D eigenvalue weighted by Crippen LogP contribution is -2.11. The Hall–Kier alpha value is -8.40. The number of aromatic nitrogens is 1. The van der Waals surface area contributed by atoms with Crippen LogP contribution in [0.25, 0.3) is 99.7 Å². The molecule has 0 aliphatic heterocycles. The molecule has 0 amide bonds. The summed E-state index contributed by atoms with van der Waals surface area (Å²) in [6.45, 7) is 4.09. The van der Waals surface area contributed by atoms with Gasteiger partial charge in [0.2, 0.25) is 0 Å². The molecule has 63 heavy (non-hydrogen) atoms. The second-order valence-electron chi connectivity index (χ2n) is 15.8. The van der Waals surface area contributed by atoms with Crippen LogP contribution >= 0.6 is 0 Å². The molecule has 0 fully saturated rings. The summed E-state index contributed by atoms with van der Waals surface area (Å²) in [7, 11) is 0. The average molecular weight is 809 g/mol. The zero-order valence-electron chi connectivity index (χ0n) is 38.1. The Morgan fingerprint density at radius 2 is 1.11 bits per heavy atom. The summed E-state index contributed by atoms with van der Waals surface area (Å²) in [5.74, 6) is 0. The van der Waals surface area contributed by atoms with Crippen molar-refractivity contribution in [2.75, 3.05) is 4.90 Å². The molecule has 0 saturated carbocycles. The van der Waals surface area contributed by atoms with Crippen molar-refractivity contribution >= 4 is 77.7 Å². The molecule has 0 saturated heterocycles. The van der Waals surface area contributed by atoms with Gasteiger partial charge in [0.15, 0.2) is 0 Å². The molecule has 0 N–H and O–H groups in total. The van der Waals surface area contributed by atoms with Crippen molar-refractivity contribution in [3.05, 3.63) is 237 Å². The van der Waals surface area contributed by atoms with E-state index in [-0.39, 0.29) is 35.4 Å². The lowest BCUT2D eigenvalue weighted by atomic mass is 9.94. The number of rotatable bonds is 8. The number of furan rings is 1. The van der Waals surface area contributed by atoms with Gasteiger partial charge in [0.25, 0.3) is 0 Å². The van der Waals surface area contributed by atoms with E-state index in [0.29, 0.717) is 16.9 Å². The molecule has 0 radical (unpaired) electrons. The van der Waals surface area contributed by atoms with Crippen LogP contribution in [-0.4, -0.2) is 4.57 Å². The molecule has 296 valence electrons. The van der Waals surface area contributed by atoms with E-state index >= 15 is 0 Å². The van der Waals surface area contributed by atoms with E-state index in [9.17, 15) is 5.48 Å². The van der Waals surface area contributed by atoms with Crippen LogP contribution < -0.4 is 4.90 Å². The zero-order valence-corrected chi connectivity index (χ0v) is 34.1. The third-order valence-electron chi connectivity index (χ3n) is 12.2. The summed E-state index contributed by atoms with van der Waals surface area (Å²) in [6, 6.07) is 66.7. The molecule has 0 aliphatic carbocycles. The van der Waals surface area contributed by atoms with Crippen LogP contribution in [0.15, 0.2) is 235 Å². The maximum absolute atomic E-state index is 9.86. The van der Waals surface area contributed by atoms with Gasteiger partial charge in [-0.2, -0.15) is 0 Å². The number of anilines is 3. The van der Waals surface area contributed by atoms with Gasteiger partial charge in [0.1, 0.15) is 11.2 Å². The summed E-state index contributed by atoms with van der Waals surface area (Å²) in [4.78, 5) is 1.89. The van der Waals surface area contributed by atoms with E-state index < -0.39 is 0 Å². The maximum atomic E-state index is 9.86. The maximum Gasteiger partial charge on any atom is 0.136 e. The molecular weight excluding hydrogens is 765 g/mol. The highest BCUT2D eigenvalue weighted by Gasteiger charge is 2.21. The summed E-state index contributed by atoms with van der Waals surface area (Å²) >= 11 is 0. The van der Waals surface area contributed by atoms with Crippen molar-refractivity contribution in [2.45, 2.75) is 0 Å². The molecule has 12 rings (SSSR count). The Labute approximate surface area is 371 Å². The smallest absolute Gasteiger partial charge is 0.136 e. The highest BCUT2D eigenvalue weighted by Crippen LogP contribution is 2.46.